The zero-order valence-electron chi connectivity index (χ0n) is 9.91. The molecule has 0 aliphatic carbocycles. The van der Waals surface area contributed by atoms with Crippen LogP contribution in [0.3, 0.4) is 0 Å². The Hall–Kier alpha value is -2.35. The van der Waals surface area contributed by atoms with Gasteiger partial charge in [-0.1, -0.05) is 0 Å². The second-order valence-electron chi connectivity index (χ2n) is 3.85. The Labute approximate surface area is 109 Å². The van der Waals surface area contributed by atoms with Crippen molar-refractivity contribution in [2.45, 2.75) is 11.8 Å². The van der Waals surface area contributed by atoms with Gasteiger partial charge < -0.3 is 5.11 Å². The number of aryl methyl sites for hydroxylation is 1. The number of carbonyl (C=O) groups is 1. The number of carboxylic acid groups (broad SMARTS) is 1. The summed E-state index contributed by atoms with van der Waals surface area (Å²) in [4.78, 5) is 10.7. The van der Waals surface area contributed by atoms with Crippen molar-refractivity contribution in [3.63, 3.8) is 0 Å². The number of benzene rings is 1. The smallest absolute Gasteiger partial charge is 0.335 e. The van der Waals surface area contributed by atoms with Gasteiger partial charge in [-0.2, -0.15) is 5.10 Å². The van der Waals surface area contributed by atoms with E-state index in [1.807, 2.05) is 0 Å². The summed E-state index contributed by atoms with van der Waals surface area (Å²) in [5.74, 6) is -1.07. The van der Waals surface area contributed by atoms with Gasteiger partial charge in [-0.25, -0.2) is 13.2 Å². The molecule has 1 heterocycles. The molecule has 0 aliphatic heterocycles. The Kier molecular flexibility index (Phi) is 3.26. The molecule has 8 heteroatoms. The maximum Gasteiger partial charge on any atom is 0.335 e. The first-order chi connectivity index (χ1) is 8.90. The molecular weight excluding hydrogens is 270 g/mol. The third kappa shape index (κ3) is 2.74. The van der Waals surface area contributed by atoms with Gasteiger partial charge in [0.2, 0.25) is 0 Å². The highest BCUT2D eigenvalue weighted by Crippen LogP contribution is 2.17. The van der Waals surface area contributed by atoms with Crippen LogP contribution in [-0.4, -0.2) is 29.7 Å². The molecule has 0 bridgehead atoms. The van der Waals surface area contributed by atoms with Crippen molar-refractivity contribution >= 4 is 21.7 Å². The molecule has 0 fully saturated rings. The quantitative estimate of drug-likeness (QED) is 0.780. The molecule has 0 saturated heterocycles. The Bertz CT molecular complexity index is 704. The number of carboxylic acids is 1. The van der Waals surface area contributed by atoms with Crippen LogP contribution in [0.25, 0.3) is 0 Å². The molecule has 2 rings (SSSR count). The first-order valence-corrected chi connectivity index (χ1v) is 6.74. The highest BCUT2D eigenvalue weighted by Gasteiger charge is 2.18. The summed E-state index contributed by atoms with van der Waals surface area (Å²) in [6.45, 7) is 1.59. The first-order valence-electron chi connectivity index (χ1n) is 5.26. The summed E-state index contributed by atoms with van der Waals surface area (Å²) in [5.41, 5.74) is 0.794. The summed E-state index contributed by atoms with van der Waals surface area (Å²) < 4.78 is 26.4. The average Bonchev–Trinajstić information content (AvgIpc) is 2.76. The summed E-state index contributed by atoms with van der Waals surface area (Å²) >= 11 is 0. The fourth-order valence-corrected chi connectivity index (χ4v) is 2.70. The van der Waals surface area contributed by atoms with E-state index in [-0.39, 0.29) is 16.1 Å². The number of aromatic amines is 1. The zero-order valence-corrected chi connectivity index (χ0v) is 10.7. The van der Waals surface area contributed by atoms with E-state index >= 15 is 0 Å². The van der Waals surface area contributed by atoms with E-state index < -0.39 is 16.0 Å². The Balaban J connectivity index is 2.26. The van der Waals surface area contributed by atoms with Gasteiger partial charge in [-0.3, -0.25) is 9.82 Å². The van der Waals surface area contributed by atoms with Crippen molar-refractivity contribution in [1.82, 2.24) is 10.2 Å². The number of aromatic carboxylic acids is 1. The van der Waals surface area contributed by atoms with Crippen molar-refractivity contribution in [2.75, 3.05) is 4.72 Å². The van der Waals surface area contributed by atoms with Crippen LogP contribution in [0.5, 0.6) is 0 Å². The molecule has 0 spiro atoms. The minimum atomic E-state index is -3.72. The van der Waals surface area contributed by atoms with E-state index in [2.05, 4.69) is 14.9 Å². The van der Waals surface area contributed by atoms with Crippen LogP contribution in [-0.2, 0) is 10.0 Å². The minimum absolute atomic E-state index is 0.0508. The molecule has 19 heavy (non-hydrogen) atoms. The van der Waals surface area contributed by atoms with E-state index in [1.54, 1.807) is 6.92 Å². The fraction of sp³-hybridized carbons (Fsp3) is 0.0909. The molecule has 7 nitrogen and oxygen atoms in total. The van der Waals surface area contributed by atoms with E-state index in [0.717, 1.165) is 0 Å². The molecule has 0 amide bonds. The number of hydrogen-bond donors (Lipinski definition) is 3. The molecule has 0 aliphatic rings. The van der Waals surface area contributed by atoms with Crippen molar-refractivity contribution in [3.8, 4) is 0 Å². The van der Waals surface area contributed by atoms with E-state index in [0.29, 0.717) is 5.69 Å². The fourth-order valence-electron chi connectivity index (χ4n) is 1.50. The van der Waals surface area contributed by atoms with Gasteiger partial charge in [0.1, 0.15) is 4.90 Å². The molecule has 0 atom stereocenters. The Morgan fingerprint density at radius 3 is 2.42 bits per heavy atom. The van der Waals surface area contributed by atoms with Gasteiger partial charge in [-0.05, 0) is 31.2 Å². The van der Waals surface area contributed by atoms with Crippen LogP contribution in [0.15, 0.2) is 35.4 Å². The predicted molar refractivity (Wildman–Crippen MR) is 67.5 cm³/mol. The number of nitrogens with zero attached hydrogens (tertiary/aromatic N) is 1. The van der Waals surface area contributed by atoms with Crippen LogP contribution in [0.4, 0.5) is 5.69 Å². The standard InChI is InChI=1S/C11H11N3O4S/c1-7-10(6-12-13-7)19(17,18)14-9-4-2-8(3-5-9)11(15)16/h2-6,14H,1H3,(H,12,13)(H,15,16). The maximum atomic E-state index is 12.0. The normalized spacial score (nSPS) is 11.2. The largest absolute Gasteiger partial charge is 0.478 e. The maximum absolute atomic E-state index is 12.0. The zero-order chi connectivity index (χ0) is 14.0. The molecule has 1 aromatic carbocycles. The van der Waals surface area contributed by atoms with Crippen LogP contribution < -0.4 is 4.72 Å². The minimum Gasteiger partial charge on any atom is -0.478 e. The predicted octanol–water partition coefficient (Wildman–Crippen LogP) is 1.22. The van der Waals surface area contributed by atoms with Crippen molar-refractivity contribution < 1.29 is 18.3 Å². The third-order valence-corrected chi connectivity index (χ3v) is 3.95. The van der Waals surface area contributed by atoms with Crippen LogP contribution in [0.2, 0.25) is 0 Å². The van der Waals surface area contributed by atoms with Crippen molar-refractivity contribution in [3.05, 3.63) is 41.7 Å². The second kappa shape index (κ2) is 4.73. The number of H-pyrrole nitrogens is 1. The van der Waals surface area contributed by atoms with Gasteiger partial charge in [0.15, 0.2) is 0 Å². The summed E-state index contributed by atoms with van der Waals surface area (Å²) in [6, 6.07) is 5.41. The molecule has 1 aromatic heterocycles. The van der Waals surface area contributed by atoms with E-state index in [4.69, 9.17) is 5.11 Å². The van der Waals surface area contributed by atoms with Gasteiger partial charge in [0.25, 0.3) is 10.0 Å². The molecule has 0 saturated carbocycles. The molecule has 0 unspecified atom stereocenters. The molecular formula is C11H11N3O4S. The monoisotopic (exact) mass is 281 g/mol. The first kappa shape index (κ1) is 13.1. The number of anilines is 1. The lowest BCUT2D eigenvalue weighted by molar-refractivity contribution is 0.0697. The van der Waals surface area contributed by atoms with E-state index in [1.165, 1.54) is 30.5 Å². The average molecular weight is 281 g/mol. The summed E-state index contributed by atoms with van der Waals surface area (Å²) in [5, 5.41) is 14.9. The third-order valence-electron chi connectivity index (χ3n) is 2.46. The van der Waals surface area contributed by atoms with Gasteiger partial charge >= 0.3 is 5.97 Å². The van der Waals surface area contributed by atoms with Crippen LogP contribution >= 0.6 is 0 Å². The topological polar surface area (TPSA) is 112 Å². The van der Waals surface area contributed by atoms with Gasteiger partial charge in [-0.15, -0.1) is 0 Å². The molecule has 100 valence electrons. The lowest BCUT2D eigenvalue weighted by atomic mass is 10.2. The summed E-state index contributed by atoms with van der Waals surface area (Å²) in [6.07, 6.45) is 1.21. The molecule has 3 N–H and O–H groups in total. The molecule has 2 aromatic rings. The summed E-state index contributed by atoms with van der Waals surface area (Å²) in [7, 11) is -3.72. The van der Waals surface area contributed by atoms with Gasteiger partial charge in [0, 0.05) is 5.69 Å². The van der Waals surface area contributed by atoms with Gasteiger partial charge in [0.05, 0.1) is 17.5 Å². The van der Waals surface area contributed by atoms with E-state index in [9.17, 15) is 13.2 Å². The second-order valence-corrected chi connectivity index (χ2v) is 5.50. The molecule has 0 radical (unpaired) electrons. The lowest BCUT2D eigenvalue weighted by Gasteiger charge is -2.07. The SMILES string of the molecule is Cc1[nH]ncc1S(=O)(=O)Nc1ccc(C(=O)O)cc1. The van der Waals surface area contributed by atoms with Crippen LogP contribution in [0, 0.1) is 6.92 Å². The highest BCUT2D eigenvalue weighted by atomic mass is 32.2. The van der Waals surface area contributed by atoms with Crippen molar-refractivity contribution in [1.29, 1.82) is 0 Å². The Morgan fingerprint density at radius 2 is 1.95 bits per heavy atom. The lowest BCUT2D eigenvalue weighted by Crippen LogP contribution is -2.13. The number of nitrogens with one attached hydrogen (secondary N) is 2. The van der Waals surface area contributed by atoms with Crippen molar-refractivity contribution in [2.24, 2.45) is 0 Å². The number of aromatic nitrogens is 2. The number of rotatable bonds is 4. The van der Waals surface area contributed by atoms with Crippen LogP contribution in [0.1, 0.15) is 16.1 Å². The Morgan fingerprint density at radius 1 is 1.32 bits per heavy atom. The number of hydrogen-bond acceptors (Lipinski definition) is 4. The highest BCUT2D eigenvalue weighted by molar-refractivity contribution is 7.92. The number of sulfonamides is 1.